The molecule has 0 fully saturated rings. The van der Waals surface area contributed by atoms with Gasteiger partial charge in [0.1, 0.15) is 16.4 Å². The molecule has 2 N–H and O–H groups in total. The van der Waals surface area contributed by atoms with Gasteiger partial charge in [-0.2, -0.15) is 8.42 Å². The molecule has 0 spiro atoms. The molecule has 0 amide bonds. The van der Waals surface area contributed by atoms with Gasteiger partial charge in [0.05, 0.1) is 12.7 Å². The molecule has 112 valence electrons. The minimum Gasteiger partial charge on any atom is -1.00 e. The van der Waals surface area contributed by atoms with E-state index in [1.807, 2.05) is 0 Å². The van der Waals surface area contributed by atoms with Crippen molar-refractivity contribution in [2.24, 2.45) is 0 Å². The first kappa shape index (κ1) is 19.3. The number of hydrogen-bond donors (Lipinski definition) is 2. The molecule has 0 aliphatic carbocycles. The van der Waals surface area contributed by atoms with E-state index in [1.54, 1.807) is 18.2 Å². The van der Waals surface area contributed by atoms with Gasteiger partial charge in [0.2, 0.25) is 0 Å². The molecule has 0 aliphatic rings. The minimum atomic E-state index is -4.59. The van der Waals surface area contributed by atoms with E-state index in [0.29, 0.717) is 0 Å². The van der Waals surface area contributed by atoms with Crippen molar-refractivity contribution in [2.75, 3.05) is 7.11 Å². The number of rotatable bonds is 4. The Morgan fingerprint density at radius 2 is 1.77 bits per heavy atom. The molecule has 0 atom stereocenters. The summed E-state index contributed by atoms with van der Waals surface area (Å²) in [5, 5.41) is 9.87. The second kappa shape index (κ2) is 7.69. The standard InChI is InChI=1S/C14H12O6S.K.H/c1-20-12-8-11(15)10(7-13(12)21(17,18)19)14(16)9-5-3-2-4-6-9;;/h2-8,15H,1H3,(H,17,18,19);;/q;+1;-1. The van der Waals surface area contributed by atoms with E-state index in [1.165, 1.54) is 19.2 Å². The zero-order valence-corrected chi connectivity index (χ0v) is 15.9. The summed E-state index contributed by atoms with van der Waals surface area (Å²) < 4.78 is 36.6. The van der Waals surface area contributed by atoms with Crippen molar-refractivity contribution < 1.29 is 80.4 Å². The summed E-state index contributed by atoms with van der Waals surface area (Å²) in [7, 11) is -3.41. The van der Waals surface area contributed by atoms with Gasteiger partial charge >= 0.3 is 51.4 Å². The van der Waals surface area contributed by atoms with Crippen LogP contribution in [0.25, 0.3) is 0 Å². The Hall–Kier alpha value is -0.744. The van der Waals surface area contributed by atoms with Crippen LogP contribution < -0.4 is 56.1 Å². The molecule has 0 saturated heterocycles. The van der Waals surface area contributed by atoms with Crippen molar-refractivity contribution in [1.29, 1.82) is 0 Å². The average Bonchev–Trinajstić information content (AvgIpc) is 2.45. The van der Waals surface area contributed by atoms with E-state index < -0.39 is 26.5 Å². The summed E-state index contributed by atoms with van der Waals surface area (Å²) in [6.07, 6.45) is 0. The average molecular weight is 348 g/mol. The van der Waals surface area contributed by atoms with Gasteiger partial charge in [-0.25, -0.2) is 0 Å². The predicted molar refractivity (Wildman–Crippen MR) is 75.5 cm³/mol. The molecule has 0 radical (unpaired) electrons. The first-order valence-corrected chi connectivity index (χ1v) is 7.27. The molecule has 2 aromatic rings. The molecular formula is C14H13KO6S. The number of ketones is 1. The van der Waals surface area contributed by atoms with Crippen molar-refractivity contribution in [3.63, 3.8) is 0 Å². The third-order valence-corrected chi connectivity index (χ3v) is 3.72. The maximum Gasteiger partial charge on any atom is 1.00 e. The van der Waals surface area contributed by atoms with Crippen molar-refractivity contribution in [2.45, 2.75) is 4.90 Å². The van der Waals surface area contributed by atoms with E-state index in [4.69, 9.17) is 9.29 Å². The van der Waals surface area contributed by atoms with Crippen molar-refractivity contribution in [1.82, 2.24) is 0 Å². The van der Waals surface area contributed by atoms with Crippen LogP contribution in [0.2, 0.25) is 0 Å². The predicted octanol–water partition coefficient (Wildman–Crippen LogP) is -1.00. The number of phenolic OH excluding ortho intramolecular Hbond substituents is 1. The number of benzene rings is 2. The number of carbonyl (C=O) groups is 1. The van der Waals surface area contributed by atoms with Crippen LogP contribution in [-0.2, 0) is 10.1 Å². The zero-order valence-electron chi connectivity index (χ0n) is 13.0. The Kier molecular flexibility index (Phi) is 6.75. The quantitative estimate of drug-likeness (QED) is 0.417. The van der Waals surface area contributed by atoms with Crippen molar-refractivity contribution in [3.8, 4) is 11.5 Å². The summed E-state index contributed by atoms with van der Waals surface area (Å²) in [6, 6.07) is 9.90. The van der Waals surface area contributed by atoms with Crippen molar-refractivity contribution in [3.05, 3.63) is 53.6 Å². The topological polar surface area (TPSA) is 101 Å². The first-order valence-electron chi connectivity index (χ1n) is 5.83. The SMILES string of the molecule is COc1cc(O)c(C(=O)c2ccccc2)cc1S(=O)(=O)O.[H-].[K+]. The van der Waals surface area contributed by atoms with Gasteiger partial charge in [0, 0.05) is 11.6 Å². The molecule has 0 unspecified atom stereocenters. The van der Waals surface area contributed by atoms with E-state index in [0.717, 1.165) is 12.1 Å². The van der Waals surface area contributed by atoms with E-state index in [9.17, 15) is 18.3 Å². The van der Waals surface area contributed by atoms with Crippen LogP contribution in [0.4, 0.5) is 0 Å². The summed E-state index contributed by atoms with van der Waals surface area (Å²) in [4.78, 5) is 11.7. The Balaban J connectivity index is 0.00000242. The molecule has 0 bridgehead atoms. The fourth-order valence-corrected chi connectivity index (χ4v) is 2.50. The largest absolute Gasteiger partial charge is 1.00 e. The zero-order chi connectivity index (χ0) is 15.6. The Morgan fingerprint density at radius 1 is 1.18 bits per heavy atom. The number of hydrogen-bond acceptors (Lipinski definition) is 5. The van der Waals surface area contributed by atoms with Crippen LogP contribution >= 0.6 is 0 Å². The first-order chi connectivity index (χ1) is 9.84. The van der Waals surface area contributed by atoms with Crippen LogP contribution in [0.5, 0.6) is 11.5 Å². The van der Waals surface area contributed by atoms with Gasteiger partial charge in [0.25, 0.3) is 10.1 Å². The second-order valence-corrected chi connectivity index (χ2v) is 5.58. The molecule has 0 heterocycles. The molecule has 8 heteroatoms. The fourth-order valence-electron chi connectivity index (χ4n) is 1.84. The van der Waals surface area contributed by atoms with Crippen LogP contribution in [0.1, 0.15) is 17.3 Å². The van der Waals surface area contributed by atoms with E-state index in [-0.39, 0.29) is 69.7 Å². The van der Waals surface area contributed by atoms with Gasteiger partial charge in [-0.3, -0.25) is 9.35 Å². The van der Waals surface area contributed by atoms with Gasteiger partial charge in [0.15, 0.2) is 5.78 Å². The van der Waals surface area contributed by atoms with Crippen LogP contribution in [0, 0.1) is 0 Å². The van der Waals surface area contributed by atoms with Crippen LogP contribution in [0.15, 0.2) is 47.4 Å². The molecule has 2 aromatic carbocycles. The summed E-state index contributed by atoms with van der Waals surface area (Å²) in [5.41, 5.74) is 0.0360. The maximum atomic E-state index is 12.3. The molecule has 0 aliphatic heterocycles. The smallest absolute Gasteiger partial charge is 1.00 e. The summed E-state index contributed by atoms with van der Waals surface area (Å²) >= 11 is 0. The minimum absolute atomic E-state index is 0. The third kappa shape index (κ3) is 4.16. The number of ether oxygens (including phenoxy) is 1. The van der Waals surface area contributed by atoms with Gasteiger partial charge in [-0.05, 0) is 6.07 Å². The van der Waals surface area contributed by atoms with Gasteiger partial charge < -0.3 is 11.3 Å². The summed E-state index contributed by atoms with van der Waals surface area (Å²) in [5.74, 6) is -1.26. The number of phenols is 1. The Bertz CT molecular complexity index is 792. The van der Waals surface area contributed by atoms with Crippen LogP contribution in [0.3, 0.4) is 0 Å². The molecule has 22 heavy (non-hydrogen) atoms. The van der Waals surface area contributed by atoms with Gasteiger partial charge in [-0.15, -0.1) is 0 Å². The van der Waals surface area contributed by atoms with E-state index >= 15 is 0 Å². The second-order valence-electron chi connectivity index (χ2n) is 4.19. The normalized spacial score (nSPS) is 10.6. The van der Waals surface area contributed by atoms with Crippen molar-refractivity contribution >= 4 is 15.9 Å². The van der Waals surface area contributed by atoms with Crippen LogP contribution in [-0.4, -0.2) is 31.0 Å². The van der Waals surface area contributed by atoms with Gasteiger partial charge in [-0.1, -0.05) is 30.3 Å². The fraction of sp³-hybridized carbons (Fsp3) is 0.0714. The monoisotopic (exact) mass is 348 g/mol. The third-order valence-electron chi connectivity index (χ3n) is 2.84. The molecule has 0 aromatic heterocycles. The Morgan fingerprint density at radius 3 is 2.27 bits per heavy atom. The Labute approximate surface area is 171 Å². The number of methoxy groups -OCH3 is 1. The molecule has 6 nitrogen and oxygen atoms in total. The number of carbonyl (C=O) groups excluding carboxylic acids is 1. The maximum absolute atomic E-state index is 12.3. The molecular weight excluding hydrogens is 335 g/mol. The molecule has 0 saturated carbocycles. The summed E-state index contributed by atoms with van der Waals surface area (Å²) in [6.45, 7) is 0. The van der Waals surface area contributed by atoms with E-state index in [2.05, 4.69) is 0 Å². The molecule has 2 rings (SSSR count). The number of aromatic hydroxyl groups is 1.